The smallest absolute Gasteiger partial charge is 0.00864 e. The van der Waals surface area contributed by atoms with Crippen LogP contribution < -0.4 is 0 Å². The Morgan fingerprint density at radius 2 is 2.25 bits per heavy atom. The van der Waals surface area contributed by atoms with Crippen LogP contribution in [0.3, 0.4) is 0 Å². The molecular weight excluding hydrogens is 98.1 g/mol. The molecule has 0 amide bonds. The molecule has 46 valence electrons. The molecule has 0 aliphatic heterocycles. The van der Waals surface area contributed by atoms with Gasteiger partial charge in [-0.2, -0.15) is 0 Å². The van der Waals surface area contributed by atoms with Crippen molar-refractivity contribution in [3.63, 3.8) is 0 Å². The topological polar surface area (TPSA) is 23.9 Å². The Kier molecular flexibility index (Phi) is 4.23. The first-order valence-corrected chi connectivity index (χ1v) is 2.98. The van der Waals surface area contributed by atoms with Gasteiger partial charge in [-0.15, -0.1) is 0 Å². The molecule has 1 heteroatoms. The van der Waals surface area contributed by atoms with Crippen LogP contribution in [-0.2, 0) is 0 Å². The number of rotatable bonds is 3. The lowest BCUT2D eigenvalue weighted by atomic mass is 10.2. The highest BCUT2D eigenvalue weighted by atomic mass is 14.3. The molecule has 0 spiro atoms. The first-order chi connectivity index (χ1) is 3.81. The van der Waals surface area contributed by atoms with Gasteiger partial charge in [-0.1, -0.05) is 26.0 Å². The molecule has 0 saturated heterocycles. The van der Waals surface area contributed by atoms with Gasteiger partial charge < -0.3 is 5.41 Å². The maximum absolute atomic E-state index is 6.81. The zero-order valence-corrected chi connectivity index (χ0v) is 5.52. The Morgan fingerprint density at radius 1 is 1.62 bits per heavy atom. The quantitative estimate of drug-likeness (QED) is 0.426. The van der Waals surface area contributed by atoms with Crippen LogP contribution in [0.15, 0.2) is 12.2 Å². The molecule has 0 aliphatic carbocycles. The molecule has 0 fully saturated rings. The molecule has 0 aromatic carbocycles. The third-order valence-corrected chi connectivity index (χ3v) is 0.938. The van der Waals surface area contributed by atoms with Gasteiger partial charge in [0.2, 0.25) is 0 Å². The van der Waals surface area contributed by atoms with Crippen molar-refractivity contribution in [2.24, 2.45) is 5.92 Å². The molecule has 0 aliphatic rings. The molecule has 0 rings (SSSR count). The fourth-order valence-corrected chi connectivity index (χ4v) is 0.406. The summed E-state index contributed by atoms with van der Waals surface area (Å²) >= 11 is 0. The molecule has 0 aromatic rings. The van der Waals surface area contributed by atoms with E-state index in [0.717, 1.165) is 6.42 Å². The van der Waals surface area contributed by atoms with Gasteiger partial charge in [0.05, 0.1) is 0 Å². The van der Waals surface area contributed by atoms with E-state index >= 15 is 0 Å². The maximum atomic E-state index is 6.81. The van der Waals surface area contributed by atoms with Crippen molar-refractivity contribution in [3.05, 3.63) is 12.2 Å². The van der Waals surface area contributed by atoms with Crippen LogP contribution in [0, 0.1) is 11.3 Å². The van der Waals surface area contributed by atoms with Crippen LogP contribution in [0.1, 0.15) is 20.3 Å². The van der Waals surface area contributed by atoms with E-state index in [1.165, 1.54) is 6.21 Å². The zero-order valence-electron chi connectivity index (χ0n) is 5.52. The normalized spacial score (nSPS) is 14.2. The van der Waals surface area contributed by atoms with Crippen LogP contribution in [0.2, 0.25) is 0 Å². The predicted octanol–water partition coefficient (Wildman–Crippen LogP) is 2.24. The van der Waals surface area contributed by atoms with Crippen LogP contribution in [0.25, 0.3) is 0 Å². The number of allylic oxidation sites excluding steroid dienone is 2. The fourth-order valence-electron chi connectivity index (χ4n) is 0.406. The molecule has 1 atom stereocenters. The van der Waals surface area contributed by atoms with Crippen molar-refractivity contribution in [1.29, 1.82) is 5.41 Å². The summed E-state index contributed by atoms with van der Waals surface area (Å²) in [5.74, 6) is 0.315. The maximum Gasteiger partial charge on any atom is 0.00864 e. The summed E-state index contributed by atoms with van der Waals surface area (Å²) < 4.78 is 0. The highest BCUT2D eigenvalue weighted by molar-refractivity contribution is 5.58. The highest BCUT2D eigenvalue weighted by Crippen LogP contribution is 1.91. The third kappa shape index (κ3) is 3.59. The first-order valence-electron chi connectivity index (χ1n) is 2.98. The summed E-state index contributed by atoms with van der Waals surface area (Å²) in [4.78, 5) is 0. The highest BCUT2D eigenvalue weighted by Gasteiger charge is 1.84. The summed E-state index contributed by atoms with van der Waals surface area (Å²) in [6.07, 6.45) is 6.62. The van der Waals surface area contributed by atoms with Gasteiger partial charge in [-0.25, -0.2) is 0 Å². The standard InChI is InChI=1S/C7H13N/c1-3-4-5-7(2)6-8/h4-8H,3H2,1-2H3. The van der Waals surface area contributed by atoms with Gasteiger partial charge >= 0.3 is 0 Å². The summed E-state index contributed by atoms with van der Waals surface area (Å²) in [6.45, 7) is 4.09. The molecular formula is C7H13N. The Bertz CT molecular complexity index is 84.4. The molecule has 0 heterocycles. The fraction of sp³-hybridized carbons (Fsp3) is 0.571. The van der Waals surface area contributed by atoms with E-state index in [1.54, 1.807) is 0 Å². The van der Waals surface area contributed by atoms with Gasteiger partial charge in [-0.3, -0.25) is 0 Å². The van der Waals surface area contributed by atoms with Crippen LogP contribution in [0.5, 0.6) is 0 Å². The lowest BCUT2D eigenvalue weighted by molar-refractivity contribution is 1.00. The largest absolute Gasteiger partial charge is 0.313 e. The molecule has 1 nitrogen and oxygen atoms in total. The molecule has 1 N–H and O–H groups in total. The molecule has 1 unspecified atom stereocenters. The molecule has 0 aromatic heterocycles. The molecule has 0 bridgehead atoms. The Labute approximate surface area is 50.9 Å². The van der Waals surface area contributed by atoms with Crippen LogP contribution in [0.4, 0.5) is 0 Å². The summed E-state index contributed by atoms with van der Waals surface area (Å²) in [5, 5.41) is 6.81. The number of nitrogens with one attached hydrogen (secondary N) is 1. The van der Waals surface area contributed by atoms with Crippen molar-refractivity contribution in [1.82, 2.24) is 0 Å². The third-order valence-electron chi connectivity index (χ3n) is 0.938. The second-order valence-corrected chi connectivity index (χ2v) is 1.86. The first kappa shape index (κ1) is 7.41. The van der Waals surface area contributed by atoms with Crippen molar-refractivity contribution in [2.75, 3.05) is 0 Å². The molecule has 0 radical (unpaired) electrons. The lowest BCUT2D eigenvalue weighted by Crippen LogP contribution is -1.86. The minimum atomic E-state index is 0.315. The van der Waals surface area contributed by atoms with Crippen LogP contribution >= 0.6 is 0 Å². The van der Waals surface area contributed by atoms with E-state index in [9.17, 15) is 0 Å². The van der Waals surface area contributed by atoms with Gasteiger partial charge in [-0.05, 0) is 6.42 Å². The van der Waals surface area contributed by atoms with Crippen LogP contribution in [-0.4, -0.2) is 6.21 Å². The Hall–Kier alpha value is -0.590. The van der Waals surface area contributed by atoms with Crippen molar-refractivity contribution in [3.8, 4) is 0 Å². The summed E-state index contributed by atoms with van der Waals surface area (Å²) in [5.41, 5.74) is 0. The zero-order chi connectivity index (χ0) is 6.41. The SMILES string of the molecule is CCC=CC(C)C=N. The van der Waals surface area contributed by atoms with E-state index in [4.69, 9.17) is 5.41 Å². The number of hydrogen-bond acceptors (Lipinski definition) is 1. The predicted molar refractivity (Wildman–Crippen MR) is 37.4 cm³/mol. The van der Waals surface area contributed by atoms with Crippen molar-refractivity contribution in [2.45, 2.75) is 20.3 Å². The van der Waals surface area contributed by atoms with E-state index in [1.807, 2.05) is 13.0 Å². The van der Waals surface area contributed by atoms with E-state index in [0.29, 0.717) is 5.92 Å². The second-order valence-electron chi connectivity index (χ2n) is 1.86. The molecule has 0 saturated carbocycles. The molecule has 8 heavy (non-hydrogen) atoms. The minimum absolute atomic E-state index is 0.315. The van der Waals surface area contributed by atoms with Gasteiger partial charge in [0.1, 0.15) is 0 Å². The van der Waals surface area contributed by atoms with Crippen molar-refractivity contribution < 1.29 is 0 Å². The van der Waals surface area contributed by atoms with E-state index in [-0.39, 0.29) is 0 Å². The summed E-state index contributed by atoms with van der Waals surface area (Å²) in [7, 11) is 0. The second kappa shape index (κ2) is 4.57. The summed E-state index contributed by atoms with van der Waals surface area (Å²) in [6, 6.07) is 0. The monoisotopic (exact) mass is 111 g/mol. The lowest BCUT2D eigenvalue weighted by Gasteiger charge is -1.90. The van der Waals surface area contributed by atoms with E-state index < -0.39 is 0 Å². The van der Waals surface area contributed by atoms with Gasteiger partial charge in [0.25, 0.3) is 0 Å². The number of hydrogen-bond donors (Lipinski definition) is 1. The van der Waals surface area contributed by atoms with Gasteiger partial charge in [0, 0.05) is 12.1 Å². The Morgan fingerprint density at radius 3 is 2.62 bits per heavy atom. The van der Waals surface area contributed by atoms with E-state index in [2.05, 4.69) is 13.0 Å². The minimum Gasteiger partial charge on any atom is -0.313 e. The Balaban J connectivity index is 3.35. The van der Waals surface area contributed by atoms with Crippen molar-refractivity contribution >= 4 is 6.21 Å². The van der Waals surface area contributed by atoms with Gasteiger partial charge in [0.15, 0.2) is 0 Å². The average molecular weight is 111 g/mol. The average Bonchev–Trinajstić information content (AvgIpc) is 1.83.